The zero-order valence-electron chi connectivity index (χ0n) is 11.9. The average Bonchev–Trinajstić information content (AvgIpc) is 3.10. The molecule has 0 radical (unpaired) electrons. The monoisotopic (exact) mass is 259 g/mol. The first-order valence-corrected chi connectivity index (χ1v) is 7.85. The minimum Gasteiger partial charge on any atom is -0.379 e. The lowest BCUT2D eigenvalue weighted by atomic mass is 10.0. The van der Waals surface area contributed by atoms with Gasteiger partial charge in [-0.15, -0.1) is 0 Å². The second-order valence-electron chi connectivity index (χ2n) is 5.92. The lowest BCUT2D eigenvalue weighted by molar-refractivity contribution is 0.489. The zero-order valence-corrected chi connectivity index (χ0v) is 11.9. The average molecular weight is 259 g/mol. The Morgan fingerprint density at radius 3 is 2.89 bits per heavy atom. The molecule has 2 aliphatic rings. The summed E-state index contributed by atoms with van der Waals surface area (Å²) in [5.74, 6) is 2.01. The number of hydrogen-bond donors (Lipinski definition) is 1. The normalized spacial score (nSPS) is 26.9. The van der Waals surface area contributed by atoms with Crippen LogP contribution < -0.4 is 10.2 Å². The number of aromatic nitrogens is 1. The molecule has 3 rings (SSSR count). The van der Waals surface area contributed by atoms with Crippen molar-refractivity contribution in [2.45, 2.75) is 51.5 Å². The molecule has 19 heavy (non-hydrogen) atoms. The van der Waals surface area contributed by atoms with Crippen LogP contribution >= 0.6 is 0 Å². The first kappa shape index (κ1) is 12.8. The van der Waals surface area contributed by atoms with Crippen LogP contribution in [-0.4, -0.2) is 24.1 Å². The van der Waals surface area contributed by atoms with Crippen LogP contribution in [0.3, 0.4) is 0 Å². The molecule has 1 aromatic rings. The molecule has 2 fully saturated rings. The second-order valence-corrected chi connectivity index (χ2v) is 5.92. The van der Waals surface area contributed by atoms with E-state index in [0.717, 1.165) is 19.0 Å². The van der Waals surface area contributed by atoms with E-state index in [1.165, 1.54) is 50.0 Å². The highest BCUT2D eigenvalue weighted by atomic mass is 15.2. The van der Waals surface area contributed by atoms with Gasteiger partial charge in [0, 0.05) is 25.3 Å². The van der Waals surface area contributed by atoms with E-state index in [2.05, 4.69) is 34.3 Å². The van der Waals surface area contributed by atoms with Crippen molar-refractivity contribution in [2.75, 3.05) is 23.3 Å². The number of anilines is 2. The minimum atomic E-state index is 0.649. The molecule has 2 heterocycles. The summed E-state index contributed by atoms with van der Waals surface area (Å²) >= 11 is 0. The third-order valence-electron chi connectivity index (χ3n) is 4.72. The molecule has 3 heteroatoms. The Kier molecular flexibility index (Phi) is 3.90. The van der Waals surface area contributed by atoms with E-state index in [0.29, 0.717) is 6.04 Å². The number of hydrogen-bond acceptors (Lipinski definition) is 3. The fourth-order valence-corrected chi connectivity index (χ4v) is 3.61. The van der Waals surface area contributed by atoms with E-state index in [4.69, 9.17) is 0 Å². The SMILES string of the molecule is CCC1CCCC1Nc1cccnc1N1CCCC1. The van der Waals surface area contributed by atoms with Crippen LogP contribution in [0.25, 0.3) is 0 Å². The van der Waals surface area contributed by atoms with Crippen LogP contribution in [0.1, 0.15) is 45.4 Å². The Balaban J connectivity index is 1.76. The number of pyridine rings is 1. The second kappa shape index (κ2) is 5.81. The summed E-state index contributed by atoms with van der Waals surface area (Å²) in [7, 11) is 0. The molecule has 2 atom stereocenters. The summed E-state index contributed by atoms with van der Waals surface area (Å²) in [6.45, 7) is 4.64. The Morgan fingerprint density at radius 1 is 1.26 bits per heavy atom. The molecular formula is C16H25N3. The molecule has 1 aliphatic carbocycles. The number of nitrogens with zero attached hydrogens (tertiary/aromatic N) is 2. The van der Waals surface area contributed by atoms with Gasteiger partial charge in [0.2, 0.25) is 0 Å². The number of nitrogens with one attached hydrogen (secondary N) is 1. The van der Waals surface area contributed by atoms with E-state index >= 15 is 0 Å². The molecule has 1 aromatic heterocycles. The fraction of sp³-hybridized carbons (Fsp3) is 0.688. The Labute approximate surface area is 116 Å². The Morgan fingerprint density at radius 2 is 2.11 bits per heavy atom. The molecule has 0 amide bonds. The van der Waals surface area contributed by atoms with E-state index in [1.54, 1.807) is 0 Å². The Hall–Kier alpha value is -1.25. The van der Waals surface area contributed by atoms with Crippen molar-refractivity contribution in [2.24, 2.45) is 5.92 Å². The van der Waals surface area contributed by atoms with Gasteiger partial charge in [0.25, 0.3) is 0 Å². The molecule has 0 spiro atoms. The lowest BCUT2D eigenvalue weighted by Crippen LogP contribution is -2.26. The van der Waals surface area contributed by atoms with Crippen LogP contribution in [0.15, 0.2) is 18.3 Å². The van der Waals surface area contributed by atoms with Gasteiger partial charge in [-0.25, -0.2) is 4.98 Å². The van der Waals surface area contributed by atoms with Crippen molar-refractivity contribution in [3.05, 3.63) is 18.3 Å². The summed E-state index contributed by atoms with van der Waals surface area (Å²) in [5, 5.41) is 3.78. The Bertz CT molecular complexity index is 412. The van der Waals surface area contributed by atoms with E-state index in [-0.39, 0.29) is 0 Å². The van der Waals surface area contributed by atoms with Gasteiger partial charge in [0.15, 0.2) is 5.82 Å². The molecule has 104 valence electrons. The van der Waals surface area contributed by atoms with Gasteiger partial charge in [0.1, 0.15) is 0 Å². The fourth-order valence-electron chi connectivity index (χ4n) is 3.61. The van der Waals surface area contributed by atoms with Crippen molar-refractivity contribution in [3.63, 3.8) is 0 Å². The standard InChI is InChI=1S/C16H25N3/c1-2-13-7-5-8-14(13)18-15-9-6-10-17-16(15)19-11-3-4-12-19/h6,9-10,13-14,18H,2-5,7-8,11-12H2,1H3. The summed E-state index contributed by atoms with van der Waals surface area (Å²) in [4.78, 5) is 7.05. The first-order chi connectivity index (χ1) is 9.38. The third-order valence-corrected chi connectivity index (χ3v) is 4.72. The van der Waals surface area contributed by atoms with Crippen molar-refractivity contribution >= 4 is 11.5 Å². The maximum absolute atomic E-state index is 4.62. The van der Waals surface area contributed by atoms with E-state index in [1.807, 2.05) is 6.20 Å². The highest BCUT2D eigenvalue weighted by Crippen LogP contribution is 2.33. The molecule has 1 N–H and O–H groups in total. The zero-order chi connectivity index (χ0) is 13.1. The third kappa shape index (κ3) is 2.70. The van der Waals surface area contributed by atoms with Gasteiger partial charge in [-0.3, -0.25) is 0 Å². The van der Waals surface area contributed by atoms with Crippen LogP contribution in [0, 0.1) is 5.92 Å². The summed E-state index contributed by atoms with van der Waals surface area (Å²) in [5.41, 5.74) is 1.25. The van der Waals surface area contributed by atoms with Gasteiger partial charge in [-0.05, 0) is 43.7 Å². The number of rotatable bonds is 4. The van der Waals surface area contributed by atoms with Gasteiger partial charge in [0.05, 0.1) is 5.69 Å². The quantitative estimate of drug-likeness (QED) is 0.894. The molecule has 2 unspecified atom stereocenters. The van der Waals surface area contributed by atoms with Crippen LogP contribution in [0.4, 0.5) is 11.5 Å². The maximum atomic E-state index is 4.62. The molecule has 0 aromatic carbocycles. The predicted octanol–water partition coefficient (Wildman–Crippen LogP) is 3.67. The highest BCUT2D eigenvalue weighted by Gasteiger charge is 2.27. The summed E-state index contributed by atoms with van der Waals surface area (Å²) < 4.78 is 0. The van der Waals surface area contributed by atoms with Gasteiger partial charge in [-0.2, -0.15) is 0 Å². The van der Waals surface area contributed by atoms with Crippen molar-refractivity contribution in [1.29, 1.82) is 0 Å². The van der Waals surface area contributed by atoms with Crippen molar-refractivity contribution in [3.8, 4) is 0 Å². The molecular weight excluding hydrogens is 234 g/mol. The smallest absolute Gasteiger partial charge is 0.151 e. The minimum absolute atomic E-state index is 0.649. The molecule has 1 saturated carbocycles. The predicted molar refractivity (Wildman–Crippen MR) is 80.7 cm³/mol. The summed E-state index contributed by atoms with van der Waals surface area (Å²) in [6.07, 6.45) is 9.88. The maximum Gasteiger partial charge on any atom is 0.151 e. The lowest BCUT2D eigenvalue weighted by Gasteiger charge is -2.25. The molecule has 3 nitrogen and oxygen atoms in total. The van der Waals surface area contributed by atoms with Gasteiger partial charge >= 0.3 is 0 Å². The van der Waals surface area contributed by atoms with Crippen LogP contribution in [0.2, 0.25) is 0 Å². The largest absolute Gasteiger partial charge is 0.379 e. The van der Waals surface area contributed by atoms with Crippen molar-refractivity contribution in [1.82, 2.24) is 4.98 Å². The van der Waals surface area contributed by atoms with Crippen molar-refractivity contribution < 1.29 is 0 Å². The molecule has 0 bridgehead atoms. The highest BCUT2D eigenvalue weighted by molar-refractivity contribution is 5.66. The topological polar surface area (TPSA) is 28.2 Å². The first-order valence-electron chi connectivity index (χ1n) is 7.85. The molecule has 1 aliphatic heterocycles. The van der Waals surface area contributed by atoms with E-state index in [9.17, 15) is 0 Å². The van der Waals surface area contributed by atoms with Gasteiger partial charge < -0.3 is 10.2 Å². The van der Waals surface area contributed by atoms with Crippen LogP contribution in [-0.2, 0) is 0 Å². The van der Waals surface area contributed by atoms with Gasteiger partial charge in [-0.1, -0.05) is 19.8 Å². The molecule has 1 saturated heterocycles. The van der Waals surface area contributed by atoms with Crippen LogP contribution in [0.5, 0.6) is 0 Å². The van der Waals surface area contributed by atoms with E-state index < -0.39 is 0 Å². The summed E-state index contributed by atoms with van der Waals surface area (Å²) in [6, 6.07) is 4.90.